The Morgan fingerprint density at radius 2 is 1.92 bits per heavy atom. The monoisotopic (exact) mass is 520 g/mol. The smallest absolute Gasteiger partial charge is 0.235 e. The van der Waals surface area contributed by atoms with Crippen LogP contribution in [0.4, 0.5) is 5.69 Å². The zero-order chi connectivity index (χ0) is 26.4. The quantitative estimate of drug-likeness (QED) is 0.359. The molecule has 7 heteroatoms. The Balaban J connectivity index is 1.09. The number of carbonyl (C=O) groups excluding carboxylic acids is 1. The third-order valence-corrected chi connectivity index (χ3v) is 8.57. The molecule has 0 bridgehead atoms. The molecule has 1 saturated heterocycles. The molecule has 7 rings (SSSR count). The number of ether oxygens (including phenoxy) is 2. The molecule has 1 spiro atoms. The number of amides is 1. The SMILES string of the molecule is COc1cc2c(C=Cc3ccc(CCN4CCOCC4)cc3)n[nH]c2cc1[C@@H]1C[C@@]12C(=O)Nc1ccccc12. The van der Waals surface area contributed by atoms with Gasteiger partial charge in [0.05, 0.1) is 36.9 Å². The zero-order valence-electron chi connectivity index (χ0n) is 22.1. The largest absolute Gasteiger partial charge is 0.496 e. The number of anilines is 1. The van der Waals surface area contributed by atoms with Crippen molar-refractivity contribution in [1.82, 2.24) is 15.1 Å². The molecule has 2 atom stereocenters. The summed E-state index contributed by atoms with van der Waals surface area (Å²) >= 11 is 0. The number of carbonyl (C=O) groups is 1. The zero-order valence-corrected chi connectivity index (χ0v) is 22.1. The summed E-state index contributed by atoms with van der Waals surface area (Å²) in [6, 6.07) is 20.9. The number of para-hydroxylation sites is 1. The van der Waals surface area contributed by atoms with Gasteiger partial charge >= 0.3 is 0 Å². The summed E-state index contributed by atoms with van der Waals surface area (Å²) in [6.07, 6.45) is 5.96. The van der Waals surface area contributed by atoms with Crippen LogP contribution in [0.25, 0.3) is 23.1 Å². The first-order chi connectivity index (χ1) is 19.2. The minimum atomic E-state index is -0.505. The number of morpholine rings is 1. The first-order valence-electron chi connectivity index (χ1n) is 13.7. The van der Waals surface area contributed by atoms with Gasteiger partial charge in [-0.15, -0.1) is 0 Å². The normalized spacial score (nSPS) is 22.5. The standard InChI is InChI=1S/C32H32N4O3/c1-38-30-19-24-27(11-10-21-6-8-22(9-7-21)12-13-36-14-16-39-17-15-36)34-35-29(24)18-23(30)26-20-32(26)25-4-2-3-5-28(25)33-31(32)37/h2-11,18-19,26H,12-17,20H2,1H3,(H,33,37)(H,34,35)/t26-,32-/m0/s1. The highest BCUT2D eigenvalue weighted by Crippen LogP contribution is 2.66. The first-order valence-corrected chi connectivity index (χ1v) is 13.7. The van der Waals surface area contributed by atoms with Gasteiger partial charge in [-0.25, -0.2) is 0 Å². The molecular weight excluding hydrogens is 488 g/mol. The van der Waals surface area contributed by atoms with Gasteiger partial charge in [-0.3, -0.25) is 14.8 Å². The van der Waals surface area contributed by atoms with Gasteiger partial charge in [-0.1, -0.05) is 48.5 Å². The van der Waals surface area contributed by atoms with Gasteiger partial charge in [0.2, 0.25) is 5.91 Å². The number of aromatic nitrogens is 2. The highest BCUT2D eigenvalue weighted by molar-refractivity contribution is 6.10. The third kappa shape index (κ3) is 4.22. The summed E-state index contributed by atoms with van der Waals surface area (Å²) in [4.78, 5) is 15.5. The van der Waals surface area contributed by atoms with Gasteiger partial charge in [0.1, 0.15) is 5.75 Å². The Kier molecular flexibility index (Phi) is 5.98. The summed E-state index contributed by atoms with van der Waals surface area (Å²) in [6.45, 7) is 4.80. The number of aromatic amines is 1. The molecule has 1 saturated carbocycles. The van der Waals surface area contributed by atoms with E-state index in [4.69, 9.17) is 9.47 Å². The highest BCUT2D eigenvalue weighted by atomic mass is 16.5. The van der Waals surface area contributed by atoms with E-state index in [-0.39, 0.29) is 11.8 Å². The van der Waals surface area contributed by atoms with E-state index in [0.29, 0.717) is 0 Å². The molecule has 3 heterocycles. The van der Waals surface area contributed by atoms with Gasteiger partial charge in [0, 0.05) is 42.2 Å². The molecule has 0 unspecified atom stereocenters. The number of H-pyrrole nitrogens is 1. The number of hydrogen-bond acceptors (Lipinski definition) is 5. The lowest BCUT2D eigenvalue weighted by Gasteiger charge is -2.26. The Morgan fingerprint density at radius 1 is 1.10 bits per heavy atom. The summed E-state index contributed by atoms with van der Waals surface area (Å²) in [5.74, 6) is 0.947. The molecule has 2 fully saturated rings. The Morgan fingerprint density at radius 3 is 2.74 bits per heavy atom. The van der Waals surface area contributed by atoms with E-state index < -0.39 is 5.41 Å². The lowest BCUT2D eigenvalue weighted by Crippen LogP contribution is -2.37. The van der Waals surface area contributed by atoms with Crippen LogP contribution in [-0.2, 0) is 21.4 Å². The van der Waals surface area contributed by atoms with Crippen LogP contribution >= 0.6 is 0 Å². The lowest BCUT2D eigenvalue weighted by molar-refractivity contribution is -0.118. The summed E-state index contributed by atoms with van der Waals surface area (Å²) in [5, 5.41) is 11.8. The molecule has 2 aliphatic heterocycles. The van der Waals surface area contributed by atoms with Crippen molar-refractivity contribution in [2.45, 2.75) is 24.2 Å². The average molecular weight is 521 g/mol. The predicted molar refractivity (Wildman–Crippen MR) is 153 cm³/mol. The van der Waals surface area contributed by atoms with E-state index in [1.54, 1.807) is 7.11 Å². The topological polar surface area (TPSA) is 79.5 Å². The summed E-state index contributed by atoms with van der Waals surface area (Å²) in [5.41, 5.74) is 6.83. The van der Waals surface area contributed by atoms with E-state index >= 15 is 0 Å². The van der Waals surface area contributed by atoms with Crippen molar-refractivity contribution < 1.29 is 14.3 Å². The number of hydrogen-bond donors (Lipinski definition) is 2. The van der Waals surface area contributed by atoms with Crippen LogP contribution in [-0.4, -0.2) is 61.0 Å². The second kappa shape index (κ2) is 9.67. The van der Waals surface area contributed by atoms with E-state index in [2.05, 4.69) is 62.9 Å². The number of methoxy groups -OCH3 is 1. The van der Waals surface area contributed by atoms with Crippen LogP contribution in [0.5, 0.6) is 5.75 Å². The molecule has 7 nitrogen and oxygen atoms in total. The molecule has 198 valence electrons. The average Bonchev–Trinajstić information content (AvgIpc) is 3.51. The van der Waals surface area contributed by atoms with Crippen LogP contribution in [0.1, 0.15) is 40.3 Å². The van der Waals surface area contributed by atoms with Crippen LogP contribution in [0.2, 0.25) is 0 Å². The lowest BCUT2D eigenvalue weighted by atomic mass is 9.91. The van der Waals surface area contributed by atoms with Gasteiger partial charge in [0.15, 0.2) is 0 Å². The second-order valence-corrected chi connectivity index (χ2v) is 10.8. The van der Waals surface area contributed by atoms with Crippen molar-refractivity contribution in [2.75, 3.05) is 45.3 Å². The van der Waals surface area contributed by atoms with Crippen LogP contribution < -0.4 is 10.1 Å². The Labute approximate surface area is 227 Å². The molecule has 3 aromatic carbocycles. The number of nitrogens with one attached hydrogen (secondary N) is 2. The van der Waals surface area contributed by atoms with Crippen molar-refractivity contribution in [1.29, 1.82) is 0 Å². The van der Waals surface area contributed by atoms with Crippen molar-refractivity contribution in [3.05, 3.63) is 88.6 Å². The van der Waals surface area contributed by atoms with Crippen molar-refractivity contribution >= 4 is 34.6 Å². The van der Waals surface area contributed by atoms with Crippen molar-refractivity contribution in [2.24, 2.45) is 0 Å². The molecule has 39 heavy (non-hydrogen) atoms. The maximum Gasteiger partial charge on any atom is 0.235 e. The van der Waals surface area contributed by atoms with Gasteiger partial charge in [0.25, 0.3) is 0 Å². The number of benzene rings is 3. The first kappa shape index (κ1) is 24.1. The van der Waals surface area contributed by atoms with Crippen LogP contribution in [0, 0.1) is 0 Å². The molecule has 2 N–H and O–H groups in total. The molecule has 1 aliphatic carbocycles. The van der Waals surface area contributed by atoms with E-state index in [0.717, 1.165) is 90.4 Å². The fourth-order valence-electron chi connectivity index (χ4n) is 6.26. The minimum absolute atomic E-state index is 0.0737. The molecule has 3 aliphatic rings. The maximum atomic E-state index is 13.0. The number of rotatable bonds is 7. The number of fused-ring (bicyclic) bond motifs is 3. The van der Waals surface area contributed by atoms with E-state index in [9.17, 15) is 4.79 Å². The van der Waals surface area contributed by atoms with Gasteiger partial charge < -0.3 is 14.8 Å². The molecule has 1 amide bonds. The number of nitrogens with zero attached hydrogens (tertiary/aromatic N) is 2. The third-order valence-electron chi connectivity index (χ3n) is 8.57. The summed E-state index contributed by atoms with van der Waals surface area (Å²) < 4.78 is 11.3. The maximum absolute atomic E-state index is 13.0. The fraction of sp³-hybridized carbons (Fsp3) is 0.312. The van der Waals surface area contributed by atoms with E-state index in [1.165, 1.54) is 5.56 Å². The molecule has 4 aromatic rings. The Hall–Kier alpha value is -3.94. The van der Waals surface area contributed by atoms with Crippen LogP contribution in [0.15, 0.2) is 60.7 Å². The summed E-state index contributed by atoms with van der Waals surface area (Å²) in [7, 11) is 1.69. The predicted octanol–water partition coefficient (Wildman–Crippen LogP) is 4.99. The second-order valence-electron chi connectivity index (χ2n) is 10.8. The van der Waals surface area contributed by atoms with Crippen molar-refractivity contribution in [3.63, 3.8) is 0 Å². The van der Waals surface area contributed by atoms with Gasteiger partial charge in [-0.05, 0) is 53.8 Å². The van der Waals surface area contributed by atoms with Crippen molar-refractivity contribution in [3.8, 4) is 5.75 Å². The molecular formula is C32H32N4O3. The molecule has 1 aromatic heterocycles. The Bertz CT molecular complexity index is 1570. The van der Waals surface area contributed by atoms with Crippen LogP contribution in [0.3, 0.4) is 0 Å². The fourth-order valence-corrected chi connectivity index (χ4v) is 6.26. The highest BCUT2D eigenvalue weighted by Gasteiger charge is 2.65. The van der Waals surface area contributed by atoms with Gasteiger partial charge in [-0.2, -0.15) is 5.10 Å². The van der Waals surface area contributed by atoms with E-state index in [1.807, 2.05) is 30.3 Å². The molecule has 0 radical (unpaired) electrons. The minimum Gasteiger partial charge on any atom is -0.496 e.